The third-order valence-electron chi connectivity index (χ3n) is 5.84. The molecular formula is C17H29N. The van der Waals surface area contributed by atoms with Crippen molar-refractivity contribution in [3.05, 3.63) is 11.6 Å². The van der Waals surface area contributed by atoms with Crippen LogP contribution in [0.25, 0.3) is 0 Å². The second kappa shape index (κ2) is 3.42. The molecule has 2 bridgehead atoms. The zero-order valence-corrected chi connectivity index (χ0v) is 13.0. The van der Waals surface area contributed by atoms with Gasteiger partial charge >= 0.3 is 0 Å². The smallest absolute Gasteiger partial charge is 0.0125 e. The van der Waals surface area contributed by atoms with Crippen molar-refractivity contribution >= 4 is 0 Å². The summed E-state index contributed by atoms with van der Waals surface area (Å²) in [5.41, 5.74) is 3.17. The van der Waals surface area contributed by atoms with Crippen LogP contribution in [0.5, 0.6) is 0 Å². The van der Waals surface area contributed by atoms with Crippen LogP contribution < -0.4 is 0 Å². The van der Waals surface area contributed by atoms with E-state index in [2.05, 4.69) is 52.5 Å². The molecule has 0 N–H and O–H groups in total. The summed E-state index contributed by atoms with van der Waals surface area (Å²) in [6.45, 7) is 16.9. The van der Waals surface area contributed by atoms with Crippen molar-refractivity contribution in [2.24, 2.45) is 22.7 Å². The van der Waals surface area contributed by atoms with Crippen LogP contribution in [-0.2, 0) is 0 Å². The van der Waals surface area contributed by atoms with Gasteiger partial charge in [-0.1, -0.05) is 32.4 Å². The van der Waals surface area contributed by atoms with E-state index in [1.807, 2.05) is 0 Å². The third-order valence-corrected chi connectivity index (χ3v) is 5.84. The predicted molar refractivity (Wildman–Crippen MR) is 77.5 cm³/mol. The molecule has 0 radical (unpaired) electrons. The first kappa shape index (κ1) is 12.7. The zero-order valence-electron chi connectivity index (χ0n) is 13.0. The standard InChI is InChI=1S/C17H29N/c1-15(2,3)12-7-13-9-14(8-12)17(13)10-18(11-17)16(4,5)6/h7,13-14H,8-11H2,1-6H3. The highest BCUT2D eigenvalue weighted by atomic mass is 15.3. The number of nitrogens with zero attached hydrogens (tertiary/aromatic N) is 1. The van der Waals surface area contributed by atoms with Gasteiger partial charge in [0.25, 0.3) is 0 Å². The van der Waals surface area contributed by atoms with E-state index < -0.39 is 0 Å². The van der Waals surface area contributed by atoms with Crippen molar-refractivity contribution in [1.29, 1.82) is 0 Å². The van der Waals surface area contributed by atoms with Crippen molar-refractivity contribution < 1.29 is 0 Å². The normalized spacial score (nSPS) is 34.9. The van der Waals surface area contributed by atoms with E-state index in [0.717, 1.165) is 11.8 Å². The van der Waals surface area contributed by atoms with Crippen molar-refractivity contribution in [2.75, 3.05) is 13.1 Å². The Bertz CT molecular complexity index is 385. The second-order valence-electron chi connectivity index (χ2n) is 8.95. The summed E-state index contributed by atoms with van der Waals surface area (Å²) in [6, 6.07) is 0. The van der Waals surface area contributed by atoms with Crippen molar-refractivity contribution in [2.45, 2.75) is 59.9 Å². The molecular weight excluding hydrogens is 218 g/mol. The lowest BCUT2D eigenvalue weighted by atomic mass is 9.43. The van der Waals surface area contributed by atoms with Gasteiger partial charge in [-0.2, -0.15) is 0 Å². The number of hydrogen-bond acceptors (Lipinski definition) is 1. The molecule has 18 heavy (non-hydrogen) atoms. The highest BCUT2D eigenvalue weighted by molar-refractivity contribution is 5.29. The first-order valence-corrected chi connectivity index (χ1v) is 7.59. The van der Waals surface area contributed by atoms with Gasteiger partial charge in [0.05, 0.1) is 0 Å². The highest BCUT2D eigenvalue weighted by Gasteiger charge is 2.63. The molecule has 1 aliphatic heterocycles. The maximum Gasteiger partial charge on any atom is 0.0125 e. The number of fused-ring (bicyclic) bond motifs is 1. The number of allylic oxidation sites excluding steroid dienone is 2. The summed E-state index contributed by atoms with van der Waals surface area (Å²) in [5, 5.41) is 0. The largest absolute Gasteiger partial charge is 0.297 e. The molecule has 2 unspecified atom stereocenters. The first-order valence-electron chi connectivity index (χ1n) is 7.59. The van der Waals surface area contributed by atoms with E-state index in [-0.39, 0.29) is 0 Å². The molecule has 0 aromatic carbocycles. The first-order chi connectivity index (χ1) is 8.13. The summed E-state index contributed by atoms with van der Waals surface area (Å²) >= 11 is 0. The molecule has 1 heteroatoms. The monoisotopic (exact) mass is 247 g/mol. The average molecular weight is 247 g/mol. The maximum absolute atomic E-state index is 2.67. The lowest BCUT2D eigenvalue weighted by Crippen LogP contribution is -2.72. The van der Waals surface area contributed by atoms with Crippen LogP contribution in [0.2, 0.25) is 0 Å². The molecule has 1 nitrogen and oxygen atoms in total. The molecule has 4 aliphatic rings. The van der Waals surface area contributed by atoms with Gasteiger partial charge in [-0.25, -0.2) is 0 Å². The van der Waals surface area contributed by atoms with Gasteiger partial charge < -0.3 is 0 Å². The Morgan fingerprint density at radius 3 is 2.11 bits per heavy atom. The summed E-state index contributed by atoms with van der Waals surface area (Å²) in [7, 11) is 0. The third kappa shape index (κ3) is 1.62. The van der Waals surface area contributed by atoms with Crippen LogP contribution in [0.1, 0.15) is 54.4 Å². The van der Waals surface area contributed by atoms with Crippen LogP contribution in [0.15, 0.2) is 11.6 Å². The summed E-state index contributed by atoms with van der Waals surface area (Å²) in [6.07, 6.45) is 5.50. The van der Waals surface area contributed by atoms with Crippen LogP contribution in [-0.4, -0.2) is 23.5 Å². The molecule has 0 aromatic rings. The predicted octanol–water partition coefficient (Wildman–Crippen LogP) is 4.10. The lowest BCUT2D eigenvalue weighted by Gasteiger charge is -2.70. The second-order valence-corrected chi connectivity index (χ2v) is 8.95. The fraction of sp³-hybridized carbons (Fsp3) is 0.882. The van der Waals surface area contributed by atoms with Gasteiger partial charge in [0.15, 0.2) is 0 Å². The van der Waals surface area contributed by atoms with Gasteiger partial charge in [-0.15, -0.1) is 0 Å². The van der Waals surface area contributed by atoms with Crippen molar-refractivity contribution in [3.8, 4) is 0 Å². The Kier molecular flexibility index (Phi) is 2.42. The molecule has 3 aliphatic carbocycles. The summed E-state index contributed by atoms with van der Waals surface area (Å²) in [4.78, 5) is 2.67. The van der Waals surface area contributed by atoms with Crippen molar-refractivity contribution in [3.63, 3.8) is 0 Å². The highest BCUT2D eigenvalue weighted by Crippen LogP contribution is 2.64. The minimum Gasteiger partial charge on any atom is -0.297 e. The lowest BCUT2D eigenvalue weighted by molar-refractivity contribution is -0.182. The number of hydrogen-bond donors (Lipinski definition) is 0. The zero-order chi connectivity index (χ0) is 13.3. The van der Waals surface area contributed by atoms with Crippen LogP contribution in [0.4, 0.5) is 0 Å². The quantitative estimate of drug-likeness (QED) is 0.583. The molecule has 1 heterocycles. The Balaban J connectivity index is 1.73. The minimum absolute atomic E-state index is 0.367. The maximum atomic E-state index is 2.67. The Morgan fingerprint density at radius 2 is 1.72 bits per heavy atom. The number of rotatable bonds is 0. The minimum atomic E-state index is 0.367. The van der Waals surface area contributed by atoms with E-state index in [4.69, 9.17) is 0 Å². The summed E-state index contributed by atoms with van der Waals surface area (Å²) < 4.78 is 0. The molecule has 1 saturated carbocycles. The fourth-order valence-corrected chi connectivity index (χ4v) is 4.20. The topological polar surface area (TPSA) is 3.24 Å². The molecule has 2 fully saturated rings. The van der Waals surface area contributed by atoms with Gasteiger partial charge in [-0.3, -0.25) is 4.90 Å². The Morgan fingerprint density at radius 1 is 1.11 bits per heavy atom. The Labute approximate surface area is 113 Å². The summed E-state index contributed by atoms with van der Waals surface area (Å²) in [5.74, 6) is 1.88. The molecule has 4 rings (SSSR count). The van der Waals surface area contributed by atoms with Crippen molar-refractivity contribution in [1.82, 2.24) is 4.90 Å². The van der Waals surface area contributed by atoms with Crippen LogP contribution in [0, 0.1) is 22.7 Å². The molecule has 0 aromatic heterocycles. The molecule has 102 valence electrons. The van der Waals surface area contributed by atoms with E-state index >= 15 is 0 Å². The molecule has 2 atom stereocenters. The van der Waals surface area contributed by atoms with E-state index in [1.165, 1.54) is 25.9 Å². The molecule has 1 spiro atoms. The fourth-order valence-electron chi connectivity index (χ4n) is 4.20. The van der Waals surface area contributed by atoms with Gasteiger partial charge in [0, 0.05) is 24.0 Å². The van der Waals surface area contributed by atoms with E-state index in [9.17, 15) is 0 Å². The van der Waals surface area contributed by atoms with Gasteiger partial charge in [0.2, 0.25) is 0 Å². The Hall–Kier alpha value is -0.300. The SMILES string of the molecule is CC(C)(C)C1=CC2CC(C1)C21CN(C(C)(C)C)C1. The number of likely N-dealkylation sites (tertiary alicyclic amines) is 1. The average Bonchev–Trinajstić information content (AvgIpc) is 2.11. The van der Waals surface area contributed by atoms with Crippen LogP contribution in [0.3, 0.4) is 0 Å². The van der Waals surface area contributed by atoms with E-state index in [1.54, 1.807) is 5.57 Å². The molecule has 1 saturated heterocycles. The van der Waals surface area contributed by atoms with Gasteiger partial charge in [0.1, 0.15) is 0 Å². The van der Waals surface area contributed by atoms with E-state index in [0.29, 0.717) is 16.4 Å². The van der Waals surface area contributed by atoms with Gasteiger partial charge in [-0.05, 0) is 50.9 Å². The molecule has 0 amide bonds. The van der Waals surface area contributed by atoms with Crippen LogP contribution >= 0.6 is 0 Å².